The summed E-state index contributed by atoms with van der Waals surface area (Å²) < 4.78 is 6.45. The van der Waals surface area contributed by atoms with Gasteiger partial charge in [-0.05, 0) is 27.8 Å². The summed E-state index contributed by atoms with van der Waals surface area (Å²) in [7, 11) is 0. The number of fused-ring (bicyclic) bond motifs is 1. The lowest BCUT2D eigenvalue weighted by Gasteiger charge is -2.17. The van der Waals surface area contributed by atoms with Crippen molar-refractivity contribution in [1.82, 2.24) is 0 Å². The van der Waals surface area contributed by atoms with Crippen LogP contribution in [0.3, 0.4) is 0 Å². The van der Waals surface area contributed by atoms with E-state index in [0.717, 1.165) is 26.4 Å². The third-order valence-corrected chi connectivity index (χ3v) is 4.10. The molecule has 3 rings (SSSR count). The highest BCUT2D eigenvalue weighted by molar-refractivity contribution is 9.11. The van der Waals surface area contributed by atoms with E-state index < -0.39 is 0 Å². The standard InChI is InChI=1S/C18H15BrO2/c1-11(19)10-16-12(2)18(20)21-17(16)15-9-5-7-13-6-3-4-8-14(13)15/h3-9,17H,1,10H2,2H3. The first kappa shape index (κ1) is 14.1. The van der Waals surface area contributed by atoms with Crippen LogP contribution >= 0.6 is 15.9 Å². The van der Waals surface area contributed by atoms with Crippen LogP contribution in [0.25, 0.3) is 10.8 Å². The first-order valence-electron chi connectivity index (χ1n) is 6.79. The minimum absolute atomic E-state index is 0.239. The maximum Gasteiger partial charge on any atom is 0.334 e. The molecule has 0 saturated carbocycles. The molecule has 1 unspecified atom stereocenters. The van der Waals surface area contributed by atoms with E-state index in [4.69, 9.17) is 4.74 Å². The highest BCUT2D eigenvalue weighted by Crippen LogP contribution is 2.41. The Bertz CT molecular complexity index is 768. The lowest BCUT2D eigenvalue weighted by molar-refractivity contribution is -0.139. The quantitative estimate of drug-likeness (QED) is 0.729. The van der Waals surface area contributed by atoms with Gasteiger partial charge in [0.05, 0.1) is 0 Å². The molecule has 0 saturated heterocycles. The third kappa shape index (κ3) is 2.54. The molecule has 106 valence electrons. The van der Waals surface area contributed by atoms with Gasteiger partial charge in [0.1, 0.15) is 0 Å². The number of halogens is 1. The van der Waals surface area contributed by atoms with Crippen LogP contribution < -0.4 is 0 Å². The lowest BCUT2D eigenvalue weighted by Crippen LogP contribution is -2.04. The van der Waals surface area contributed by atoms with Gasteiger partial charge in [0, 0.05) is 17.6 Å². The fourth-order valence-electron chi connectivity index (χ4n) is 2.76. The van der Waals surface area contributed by atoms with Gasteiger partial charge in [0.2, 0.25) is 0 Å². The maximum absolute atomic E-state index is 12.0. The molecular weight excluding hydrogens is 328 g/mol. The van der Waals surface area contributed by atoms with Crippen molar-refractivity contribution in [3.8, 4) is 0 Å². The molecule has 1 heterocycles. The van der Waals surface area contributed by atoms with Gasteiger partial charge in [-0.25, -0.2) is 4.79 Å². The number of esters is 1. The van der Waals surface area contributed by atoms with Gasteiger partial charge in [-0.1, -0.05) is 65.0 Å². The number of ether oxygens (including phenoxy) is 1. The molecule has 0 fully saturated rings. The molecule has 21 heavy (non-hydrogen) atoms. The van der Waals surface area contributed by atoms with Crippen LogP contribution in [0.15, 0.2) is 64.7 Å². The van der Waals surface area contributed by atoms with Crippen molar-refractivity contribution in [3.63, 3.8) is 0 Å². The van der Waals surface area contributed by atoms with Gasteiger partial charge < -0.3 is 4.74 Å². The summed E-state index contributed by atoms with van der Waals surface area (Å²) in [6, 6.07) is 14.2. The predicted molar refractivity (Wildman–Crippen MR) is 88.2 cm³/mol. The van der Waals surface area contributed by atoms with Gasteiger partial charge in [0.15, 0.2) is 6.10 Å². The Morgan fingerprint density at radius 1 is 1.24 bits per heavy atom. The molecule has 0 spiro atoms. The Morgan fingerprint density at radius 3 is 2.71 bits per heavy atom. The normalized spacial score (nSPS) is 18.2. The number of rotatable bonds is 3. The molecule has 0 aliphatic carbocycles. The van der Waals surface area contributed by atoms with Crippen molar-refractivity contribution in [1.29, 1.82) is 0 Å². The van der Waals surface area contributed by atoms with Crippen LogP contribution in [0.4, 0.5) is 0 Å². The summed E-state index contributed by atoms with van der Waals surface area (Å²) in [5, 5.41) is 2.26. The third-order valence-electron chi connectivity index (χ3n) is 3.82. The molecule has 0 radical (unpaired) electrons. The highest BCUT2D eigenvalue weighted by atomic mass is 79.9. The molecular formula is C18H15BrO2. The summed E-state index contributed by atoms with van der Waals surface area (Å²) in [6.07, 6.45) is 0.295. The minimum atomic E-state index is -0.321. The van der Waals surface area contributed by atoms with Crippen molar-refractivity contribution in [3.05, 3.63) is 70.2 Å². The number of carbonyl (C=O) groups excluding carboxylic acids is 1. The van der Waals surface area contributed by atoms with E-state index >= 15 is 0 Å². The Hall–Kier alpha value is -1.87. The first-order chi connectivity index (χ1) is 10.1. The number of allylic oxidation sites excluding steroid dienone is 1. The zero-order valence-corrected chi connectivity index (χ0v) is 13.3. The van der Waals surface area contributed by atoms with Crippen molar-refractivity contribution in [2.24, 2.45) is 0 Å². The van der Waals surface area contributed by atoms with E-state index in [1.165, 1.54) is 0 Å². The molecule has 1 aliphatic heterocycles. The van der Waals surface area contributed by atoms with Gasteiger partial charge in [-0.3, -0.25) is 0 Å². The SMILES string of the molecule is C=C(Br)CC1=C(C)C(=O)OC1c1cccc2ccccc12. The van der Waals surface area contributed by atoms with Crippen LogP contribution in [0, 0.1) is 0 Å². The first-order valence-corrected chi connectivity index (χ1v) is 7.59. The zero-order valence-electron chi connectivity index (χ0n) is 11.7. The molecule has 0 aromatic heterocycles. The molecule has 1 aliphatic rings. The highest BCUT2D eigenvalue weighted by Gasteiger charge is 2.33. The Morgan fingerprint density at radius 2 is 1.95 bits per heavy atom. The maximum atomic E-state index is 12.0. The Balaban J connectivity index is 2.14. The van der Waals surface area contributed by atoms with E-state index in [1.54, 1.807) is 0 Å². The van der Waals surface area contributed by atoms with Crippen LogP contribution in [-0.4, -0.2) is 5.97 Å². The van der Waals surface area contributed by atoms with E-state index in [1.807, 2.05) is 31.2 Å². The van der Waals surface area contributed by atoms with Crippen molar-refractivity contribution >= 4 is 32.7 Å². The van der Waals surface area contributed by atoms with Gasteiger partial charge in [0.25, 0.3) is 0 Å². The Labute approximate surface area is 132 Å². The Kier molecular flexibility index (Phi) is 3.68. The largest absolute Gasteiger partial charge is 0.449 e. The van der Waals surface area contributed by atoms with Crippen LogP contribution in [0.2, 0.25) is 0 Å². The molecule has 0 N–H and O–H groups in total. The van der Waals surface area contributed by atoms with Gasteiger partial charge >= 0.3 is 5.97 Å². The number of benzene rings is 2. The fourth-order valence-corrected chi connectivity index (χ4v) is 3.06. The van der Waals surface area contributed by atoms with Gasteiger partial charge in [-0.15, -0.1) is 0 Å². The lowest BCUT2D eigenvalue weighted by atomic mass is 9.93. The predicted octanol–water partition coefficient (Wildman–Crippen LogP) is 5.05. The van der Waals surface area contributed by atoms with E-state index in [-0.39, 0.29) is 12.1 Å². The fraction of sp³-hybridized carbons (Fsp3) is 0.167. The second-order valence-electron chi connectivity index (χ2n) is 5.20. The average Bonchev–Trinajstić information content (AvgIpc) is 2.74. The van der Waals surface area contributed by atoms with E-state index in [9.17, 15) is 4.79 Å². The summed E-state index contributed by atoms with van der Waals surface area (Å²) in [5.41, 5.74) is 2.70. The van der Waals surface area contributed by atoms with Crippen molar-refractivity contribution in [2.45, 2.75) is 19.4 Å². The summed E-state index contributed by atoms with van der Waals surface area (Å²) in [5.74, 6) is -0.239. The van der Waals surface area contributed by atoms with E-state index in [0.29, 0.717) is 12.0 Å². The minimum Gasteiger partial charge on any atom is -0.449 e. The van der Waals surface area contributed by atoms with Gasteiger partial charge in [-0.2, -0.15) is 0 Å². The number of hydrogen-bond donors (Lipinski definition) is 0. The van der Waals surface area contributed by atoms with Crippen LogP contribution in [-0.2, 0) is 9.53 Å². The van der Waals surface area contributed by atoms with E-state index in [2.05, 4.69) is 40.7 Å². The summed E-state index contributed by atoms with van der Waals surface area (Å²) >= 11 is 3.39. The molecule has 0 bridgehead atoms. The smallest absolute Gasteiger partial charge is 0.334 e. The van der Waals surface area contributed by atoms with Crippen LogP contribution in [0.5, 0.6) is 0 Å². The molecule has 2 aromatic carbocycles. The molecule has 3 heteroatoms. The average molecular weight is 343 g/mol. The van der Waals surface area contributed by atoms with Crippen LogP contribution in [0.1, 0.15) is 25.0 Å². The zero-order chi connectivity index (χ0) is 15.0. The number of hydrogen-bond acceptors (Lipinski definition) is 2. The van der Waals surface area contributed by atoms with Crippen molar-refractivity contribution in [2.75, 3.05) is 0 Å². The summed E-state index contributed by atoms with van der Waals surface area (Å²) in [4.78, 5) is 12.0. The van der Waals surface area contributed by atoms with Crippen molar-refractivity contribution < 1.29 is 9.53 Å². The molecule has 0 amide bonds. The number of carbonyl (C=O) groups is 1. The molecule has 1 atom stereocenters. The second kappa shape index (κ2) is 5.49. The number of cyclic esters (lactones) is 1. The molecule has 2 nitrogen and oxygen atoms in total. The monoisotopic (exact) mass is 342 g/mol. The summed E-state index contributed by atoms with van der Waals surface area (Å²) in [6.45, 7) is 5.70. The second-order valence-corrected chi connectivity index (χ2v) is 6.32. The topological polar surface area (TPSA) is 26.3 Å². The molecule has 2 aromatic rings.